The van der Waals surface area contributed by atoms with Crippen molar-refractivity contribution in [1.82, 2.24) is 4.90 Å². The highest BCUT2D eigenvalue weighted by atomic mass is 79.9. The number of hydrogen-bond acceptors (Lipinski definition) is 3. The molecule has 1 heterocycles. The molecule has 31 heavy (non-hydrogen) atoms. The van der Waals surface area contributed by atoms with E-state index in [1.165, 1.54) is 4.90 Å². The minimum Gasteiger partial charge on any atom is -0.326 e. The normalized spacial score (nSPS) is 31.5. The maximum Gasteiger partial charge on any atom is 0.233 e. The summed E-state index contributed by atoms with van der Waals surface area (Å²) < 4.78 is 1.03. The van der Waals surface area contributed by atoms with Crippen molar-refractivity contribution in [3.05, 3.63) is 27.7 Å². The molecule has 3 fully saturated rings. The minimum absolute atomic E-state index is 0.00372. The summed E-state index contributed by atoms with van der Waals surface area (Å²) >= 11 is 10.9. The van der Waals surface area contributed by atoms with Crippen LogP contribution in [0.25, 0.3) is 0 Å². The number of unbranched alkanes of at least 4 members (excludes halogenated alkanes) is 2. The molecule has 0 radical (unpaired) electrons. The zero-order valence-electron chi connectivity index (χ0n) is 17.7. The molecule has 5 nitrogen and oxygen atoms in total. The van der Waals surface area contributed by atoms with E-state index in [2.05, 4.69) is 53.1 Å². The molecule has 168 valence electrons. The molecule has 0 spiro atoms. The number of carbonyl (C=O) groups is 3. The third-order valence-electron chi connectivity index (χ3n) is 7.14. The number of fused-ring (bicyclic) bond motifs is 5. The number of nitrogens with zero attached hydrogens (tertiary/aromatic N) is 1. The van der Waals surface area contributed by atoms with Gasteiger partial charge in [0.15, 0.2) is 0 Å². The lowest BCUT2D eigenvalue weighted by molar-refractivity contribution is -0.140. The zero-order chi connectivity index (χ0) is 22.4. The largest absolute Gasteiger partial charge is 0.326 e. The number of amides is 3. The molecule has 1 N–H and O–H groups in total. The van der Waals surface area contributed by atoms with Crippen molar-refractivity contribution in [1.29, 1.82) is 0 Å². The second-order valence-corrected chi connectivity index (χ2v) is 12.1. The first-order valence-corrected chi connectivity index (χ1v) is 13.5. The monoisotopic (exact) mass is 616 g/mol. The van der Waals surface area contributed by atoms with Gasteiger partial charge in [0.25, 0.3) is 0 Å². The van der Waals surface area contributed by atoms with Gasteiger partial charge < -0.3 is 5.32 Å². The number of aryl methyl sites for hydroxylation is 2. The van der Waals surface area contributed by atoms with Crippen LogP contribution in [-0.4, -0.2) is 38.8 Å². The molecule has 2 saturated carbocycles. The summed E-state index contributed by atoms with van der Waals surface area (Å²) in [5.41, 5.74) is 2.94. The Morgan fingerprint density at radius 2 is 1.61 bits per heavy atom. The number of alkyl halides is 2. The molecule has 2 aliphatic carbocycles. The molecule has 1 aliphatic heterocycles. The minimum atomic E-state index is -0.140. The van der Waals surface area contributed by atoms with Crippen LogP contribution >= 0.6 is 47.8 Å². The van der Waals surface area contributed by atoms with Crippen molar-refractivity contribution in [2.45, 2.75) is 55.6 Å². The number of likely N-dealkylation sites (tertiary alicyclic amines) is 1. The lowest BCUT2D eigenvalue weighted by Gasteiger charge is -2.28. The van der Waals surface area contributed by atoms with Crippen molar-refractivity contribution in [3.63, 3.8) is 0 Å². The van der Waals surface area contributed by atoms with E-state index in [4.69, 9.17) is 0 Å². The Bertz CT molecular complexity index is 890. The van der Waals surface area contributed by atoms with Crippen molar-refractivity contribution >= 4 is 71.2 Å². The topological polar surface area (TPSA) is 66.5 Å². The van der Waals surface area contributed by atoms with Gasteiger partial charge in [-0.1, -0.05) is 54.2 Å². The molecule has 1 saturated heterocycles. The number of nitrogens with one attached hydrogen (secondary N) is 1. The van der Waals surface area contributed by atoms with Crippen LogP contribution < -0.4 is 5.32 Å². The molecule has 3 amide bonds. The first-order valence-electron chi connectivity index (χ1n) is 10.9. The Kier molecular flexibility index (Phi) is 7.00. The number of rotatable bonds is 7. The summed E-state index contributed by atoms with van der Waals surface area (Å²) in [6, 6.07) is 3.98. The molecule has 6 atom stereocenters. The van der Waals surface area contributed by atoms with Crippen molar-refractivity contribution in [3.8, 4) is 0 Å². The second kappa shape index (κ2) is 9.26. The maximum atomic E-state index is 12.9. The fourth-order valence-electron chi connectivity index (χ4n) is 5.49. The average molecular weight is 619 g/mol. The van der Waals surface area contributed by atoms with Gasteiger partial charge in [-0.25, -0.2) is 0 Å². The van der Waals surface area contributed by atoms with Crippen LogP contribution in [0.3, 0.4) is 0 Å². The smallest absolute Gasteiger partial charge is 0.233 e. The van der Waals surface area contributed by atoms with Gasteiger partial charge in [-0.15, -0.1) is 0 Å². The van der Waals surface area contributed by atoms with E-state index in [9.17, 15) is 14.4 Å². The number of hydrogen-bond donors (Lipinski definition) is 1. The Morgan fingerprint density at radius 1 is 1.00 bits per heavy atom. The van der Waals surface area contributed by atoms with Gasteiger partial charge in [0, 0.05) is 32.8 Å². The molecular weight excluding hydrogens is 592 g/mol. The average Bonchev–Trinajstić information content (AvgIpc) is 3.32. The first-order chi connectivity index (χ1) is 14.7. The third kappa shape index (κ3) is 4.29. The van der Waals surface area contributed by atoms with Crippen LogP contribution in [0.4, 0.5) is 5.69 Å². The van der Waals surface area contributed by atoms with Gasteiger partial charge in [-0.3, -0.25) is 19.3 Å². The Morgan fingerprint density at radius 3 is 2.23 bits per heavy atom. The van der Waals surface area contributed by atoms with E-state index in [1.54, 1.807) is 0 Å². The predicted molar refractivity (Wildman–Crippen MR) is 131 cm³/mol. The van der Waals surface area contributed by atoms with E-state index >= 15 is 0 Å². The standard InChI is InChI=1S/C23H27Br3N2O3/c1-11-9-16(12(2)8-15(11)24)27-17(29)6-4-3-5-7-28-22(30)18-13-10-14(19(18)23(28)31)21(26)20(13)25/h8-9,13-14,18-21H,3-7,10H2,1-2H3,(H,27,29)/t13-,14-,18-,19+,20-,21+/m1/s1. The molecular formula is C23H27Br3N2O3. The van der Waals surface area contributed by atoms with Gasteiger partial charge in [0.2, 0.25) is 17.7 Å². The number of carbonyl (C=O) groups excluding carboxylic acids is 3. The SMILES string of the molecule is Cc1cc(NC(=O)CCCCCN2C(=O)[C@@H]3[C@H]4C[C@@H]([C@H](Br)[C@@H]4Br)[C@@H]3C2=O)c(C)cc1Br. The quantitative estimate of drug-likeness (QED) is 0.255. The number of benzene rings is 1. The summed E-state index contributed by atoms with van der Waals surface area (Å²) in [6.07, 6.45) is 3.68. The third-order valence-corrected chi connectivity index (χ3v) is 11.2. The maximum absolute atomic E-state index is 12.9. The van der Waals surface area contributed by atoms with E-state index in [0.29, 0.717) is 13.0 Å². The van der Waals surface area contributed by atoms with Crippen molar-refractivity contribution in [2.75, 3.05) is 11.9 Å². The lowest BCUT2D eigenvalue weighted by atomic mass is 9.81. The Labute approximate surface area is 208 Å². The molecule has 4 rings (SSSR count). The van der Waals surface area contributed by atoms with E-state index in [-0.39, 0.29) is 51.0 Å². The molecule has 0 unspecified atom stereocenters. The Balaban J connectivity index is 1.22. The van der Waals surface area contributed by atoms with Gasteiger partial charge in [0.05, 0.1) is 11.8 Å². The van der Waals surface area contributed by atoms with Gasteiger partial charge in [-0.2, -0.15) is 0 Å². The molecule has 3 aliphatic rings. The van der Waals surface area contributed by atoms with Gasteiger partial charge >= 0.3 is 0 Å². The molecule has 8 heteroatoms. The van der Waals surface area contributed by atoms with Crippen LogP contribution in [0.1, 0.15) is 43.2 Å². The van der Waals surface area contributed by atoms with E-state index in [0.717, 1.165) is 47.0 Å². The summed E-state index contributed by atoms with van der Waals surface area (Å²) in [5.74, 6) is 0.273. The molecule has 2 bridgehead atoms. The fraction of sp³-hybridized carbons (Fsp3) is 0.609. The highest BCUT2D eigenvalue weighted by molar-refractivity contribution is 9.12. The van der Waals surface area contributed by atoms with Crippen molar-refractivity contribution in [2.24, 2.45) is 23.7 Å². The summed E-state index contributed by atoms with van der Waals surface area (Å²) in [5, 5.41) is 2.99. The van der Waals surface area contributed by atoms with Crippen LogP contribution in [0.15, 0.2) is 16.6 Å². The number of anilines is 1. The lowest BCUT2D eigenvalue weighted by Crippen LogP contribution is -2.37. The number of imide groups is 1. The van der Waals surface area contributed by atoms with Crippen LogP contribution in [0.2, 0.25) is 0 Å². The highest BCUT2D eigenvalue weighted by Crippen LogP contribution is 2.60. The van der Waals surface area contributed by atoms with Crippen LogP contribution in [0, 0.1) is 37.5 Å². The predicted octanol–water partition coefficient (Wildman–Crippen LogP) is 5.34. The number of halogens is 3. The van der Waals surface area contributed by atoms with Gasteiger partial charge in [-0.05, 0) is 68.2 Å². The molecule has 0 aromatic heterocycles. The Hall–Kier alpha value is -0.730. The zero-order valence-corrected chi connectivity index (χ0v) is 22.4. The first kappa shape index (κ1) is 23.4. The fourth-order valence-corrected chi connectivity index (χ4v) is 7.82. The summed E-state index contributed by atoms with van der Waals surface area (Å²) in [6.45, 7) is 4.44. The van der Waals surface area contributed by atoms with E-state index < -0.39 is 0 Å². The highest BCUT2D eigenvalue weighted by Gasteiger charge is 2.66. The van der Waals surface area contributed by atoms with Crippen LogP contribution in [0.5, 0.6) is 0 Å². The van der Waals surface area contributed by atoms with Crippen LogP contribution in [-0.2, 0) is 14.4 Å². The van der Waals surface area contributed by atoms with Crippen molar-refractivity contribution < 1.29 is 14.4 Å². The summed E-state index contributed by atoms with van der Waals surface area (Å²) in [7, 11) is 0. The second-order valence-electron chi connectivity index (χ2n) is 9.11. The van der Waals surface area contributed by atoms with E-state index in [1.807, 2.05) is 26.0 Å². The molecule has 1 aromatic rings. The summed E-state index contributed by atoms with van der Waals surface area (Å²) in [4.78, 5) is 40.1. The molecule has 1 aromatic carbocycles. The van der Waals surface area contributed by atoms with Gasteiger partial charge in [0.1, 0.15) is 0 Å².